The summed E-state index contributed by atoms with van der Waals surface area (Å²) in [6.07, 6.45) is 2.51. The maximum Gasteiger partial charge on any atom is 0.408 e. The highest BCUT2D eigenvalue weighted by atomic mass is 16.5. The van der Waals surface area contributed by atoms with Crippen LogP contribution in [0.4, 0.5) is 4.79 Å². The van der Waals surface area contributed by atoms with E-state index in [1.165, 1.54) is 0 Å². The first-order chi connectivity index (χ1) is 12.8. The van der Waals surface area contributed by atoms with Crippen LogP contribution in [0.15, 0.2) is 43.0 Å². The molecule has 0 aromatic heterocycles. The summed E-state index contributed by atoms with van der Waals surface area (Å²) in [5.41, 5.74) is 0.825. The van der Waals surface area contributed by atoms with Gasteiger partial charge in [-0.3, -0.25) is 4.79 Å². The number of carbonyl (C=O) groups excluding carboxylic acids is 2. The van der Waals surface area contributed by atoms with Gasteiger partial charge in [-0.1, -0.05) is 50.3 Å². The lowest BCUT2D eigenvalue weighted by atomic mass is 10.0. The van der Waals surface area contributed by atoms with E-state index in [-0.39, 0.29) is 18.9 Å². The largest absolute Gasteiger partial charge is 0.480 e. The highest BCUT2D eigenvalue weighted by Gasteiger charge is 2.28. The Balaban J connectivity index is 2.61. The third-order valence-corrected chi connectivity index (χ3v) is 3.95. The monoisotopic (exact) mass is 376 g/mol. The Morgan fingerprint density at radius 3 is 2.41 bits per heavy atom. The molecule has 2 amide bonds. The van der Waals surface area contributed by atoms with E-state index < -0.39 is 30.1 Å². The van der Waals surface area contributed by atoms with Gasteiger partial charge in [-0.25, -0.2) is 9.59 Å². The van der Waals surface area contributed by atoms with Gasteiger partial charge >= 0.3 is 12.1 Å². The number of allylic oxidation sites excluding steroid dienone is 1. The first kappa shape index (κ1) is 22.2. The van der Waals surface area contributed by atoms with Crippen LogP contribution in [-0.2, 0) is 20.9 Å². The highest BCUT2D eigenvalue weighted by Crippen LogP contribution is 2.07. The van der Waals surface area contributed by atoms with Gasteiger partial charge < -0.3 is 20.5 Å². The molecule has 0 saturated carbocycles. The van der Waals surface area contributed by atoms with E-state index in [4.69, 9.17) is 4.74 Å². The zero-order valence-electron chi connectivity index (χ0n) is 15.8. The summed E-state index contributed by atoms with van der Waals surface area (Å²) in [6.45, 7) is 7.19. The van der Waals surface area contributed by atoms with Crippen molar-refractivity contribution in [2.75, 3.05) is 0 Å². The van der Waals surface area contributed by atoms with Crippen LogP contribution < -0.4 is 10.6 Å². The molecule has 0 heterocycles. The van der Waals surface area contributed by atoms with Gasteiger partial charge in [0.2, 0.25) is 5.91 Å². The number of alkyl carbamates (subject to hydrolysis) is 1. The molecule has 3 N–H and O–H groups in total. The summed E-state index contributed by atoms with van der Waals surface area (Å²) in [7, 11) is 0. The van der Waals surface area contributed by atoms with Crippen LogP contribution in [0.1, 0.15) is 38.7 Å². The van der Waals surface area contributed by atoms with Crippen molar-refractivity contribution in [3.05, 3.63) is 48.6 Å². The Morgan fingerprint density at radius 2 is 1.85 bits per heavy atom. The molecule has 0 aliphatic heterocycles. The average Bonchev–Trinajstić information content (AvgIpc) is 2.64. The van der Waals surface area contributed by atoms with Crippen LogP contribution in [0.5, 0.6) is 0 Å². The Kier molecular flexibility index (Phi) is 9.64. The summed E-state index contributed by atoms with van der Waals surface area (Å²) in [5.74, 6) is -1.90. The second kappa shape index (κ2) is 11.7. The third-order valence-electron chi connectivity index (χ3n) is 3.95. The van der Waals surface area contributed by atoms with Crippen molar-refractivity contribution in [1.82, 2.24) is 10.6 Å². The molecule has 7 heteroatoms. The second-order valence-corrected chi connectivity index (χ2v) is 6.55. The fourth-order valence-corrected chi connectivity index (χ4v) is 2.41. The van der Waals surface area contributed by atoms with Crippen molar-refractivity contribution in [1.29, 1.82) is 0 Å². The molecule has 0 spiro atoms. The minimum Gasteiger partial charge on any atom is -0.480 e. The first-order valence-corrected chi connectivity index (χ1v) is 8.96. The van der Waals surface area contributed by atoms with E-state index in [0.717, 1.165) is 5.56 Å². The van der Waals surface area contributed by atoms with Crippen LogP contribution in [-0.4, -0.2) is 35.2 Å². The molecule has 1 aromatic carbocycles. The molecular formula is C20H28N2O5. The molecule has 0 fully saturated rings. The maximum atomic E-state index is 12.5. The number of unbranched alkanes of at least 4 members (excludes halogenated alkanes) is 1. The molecule has 27 heavy (non-hydrogen) atoms. The normalized spacial score (nSPS) is 12.7. The van der Waals surface area contributed by atoms with Crippen molar-refractivity contribution in [2.45, 2.75) is 51.8 Å². The van der Waals surface area contributed by atoms with Crippen LogP contribution in [0.3, 0.4) is 0 Å². The number of carboxylic acids is 1. The summed E-state index contributed by atoms with van der Waals surface area (Å²) in [4.78, 5) is 35.9. The SMILES string of the molecule is C=CCCC[C@@H](NC(=O)[C@@H](NC(=O)OCc1ccccc1)C(C)C)C(=O)O. The van der Waals surface area contributed by atoms with Crippen LogP contribution >= 0.6 is 0 Å². The molecule has 0 radical (unpaired) electrons. The Hall–Kier alpha value is -2.83. The first-order valence-electron chi connectivity index (χ1n) is 8.96. The molecule has 2 atom stereocenters. The van der Waals surface area contributed by atoms with Gasteiger partial charge in [-0.15, -0.1) is 6.58 Å². The molecule has 0 bridgehead atoms. The molecule has 0 saturated heterocycles. The van der Waals surface area contributed by atoms with Gasteiger partial charge in [0.05, 0.1) is 0 Å². The summed E-state index contributed by atoms with van der Waals surface area (Å²) in [5, 5.41) is 14.3. The number of amides is 2. The maximum absolute atomic E-state index is 12.5. The van der Waals surface area contributed by atoms with Gasteiger partial charge in [-0.2, -0.15) is 0 Å². The Labute approximate surface area is 159 Å². The van der Waals surface area contributed by atoms with Gasteiger partial charge in [0.15, 0.2) is 0 Å². The minimum absolute atomic E-state index is 0.0818. The van der Waals surface area contributed by atoms with E-state index in [2.05, 4.69) is 17.2 Å². The minimum atomic E-state index is -1.11. The lowest BCUT2D eigenvalue weighted by Gasteiger charge is -2.23. The highest BCUT2D eigenvalue weighted by molar-refractivity contribution is 5.89. The van der Waals surface area contributed by atoms with Crippen molar-refractivity contribution < 1.29 is 24.2 Å². The number of hydrogen-bond donors (Lipinski definition) is 3. The van der Waals surface area contributed by atoms with Crippen molar-refractivity contribution in [2.24, 2.45) is 5.92 Å². The molecule has 0 aliphatic carbocycles. The van der Waals surface area contributed by atoms with Crippen molar-refractivity contribution >= 4 is 18.0 Å². The predicted molar refractivity (Wildman–Crippen MR) is 102 cm³/mol. The molecule has 1 aromatic rings. The standard InChI is InChI=1S/C20H28N2O5/c1-4-5-7-12-16(19(24)25)21-18(23)17(14(2)3)22-20(26)27-13-15-10-8-6-9-11-15/h4,6,8-11,14,16-17H,1,5,7,12-13H2,2-3H3,(H,21,23)(H,22,26)(H,24,25)/t16-,17+/m1/s1. The summed E-state index contributed by atoms with van der Waals surface area (Å²) >= 11 is 0. The number of nitrogens with one attached hydrogen (secondary N) is 2. The van der Waals surface area contributed by atoms with Crippen LogP contribution in [0.25, 0.3) is 0 Å². The van der Waals surface area contributed by atoms with E-state index in [0.29, 0.717) is 12.8 Å². The van der Waals surface area contributed by atoms with Gasteiger partial charge in [-0.05, 0) is 30.7 Å². The zero-order valence-corrected chi connectivity index (χ0v) is 15.8. The molecule has 7 nitrogen and oxygen atoms in total. The zero-order chi connectivity index (χ0) is 20.2. The fraction of sp³-hybridized carbons (Fsp3) is 0.450. The van der Waals surface area contributed by atoms with E-state index in [1.54, 1.807) is 19.9 Å². The molecular weight excluding hydrogens is 348 g/mol. The van der Waals surface area contributed by atoms with Gasteiger partial charge in [0, 0.05) is 0 Å². The van der Waals surface area contributed by atoms with Gasteiger partial charge in [0.1, 0.15) is 18.7 Å². The van der Waals surface area contributed by atoms with Crippen LogP contribution in [0, 0.1) is 5.92 Å². The molecule has 0 unspecified atom stereocenters. The summed E-state index contributed by atoms with van der Waals surface area (Å²) in [6, 6.07) is 7.26. The van der Waals surface area contributed by atoms with Crippen molar-refractivity contribution in [3.63, 3.8) is 0 Å². The van der Waals surface area contributed by atoms with Gasteiger partial charge in [0.25, 0.3) is 0 Å². The van der Waals surface area contributed by atoms with Crippen molar-refractivity contribution in [3.8, 4) is 0 Å². The number of benzene rings is 1. The number of carbonyl (C=O) groups is 3. The number of hydrogen-bond acceptors (Lipinski definition) is 4. The lowest BCUT2D eigenvalue weighted by Crippen LogP contribution is -2.53. The second-order valence-electron chi connectivity index (χ2n) is 6.55. The van der Waals surface area contributed by atoms with Crippen LogP contribution in [0.2, 0.25) is 0 Å². The average molecular weight is 376 g/mol. The molecule has 148 valence electrons. The Morgan fingerprint density at radius 1 is 1.19 bits per heavy atom. The predicted octanol–water partition coefficient (Wildman–Crippen LogP) is 2.86. The summed E-state index contributed by atoms with van der Waals surface area (Å²) < 4.78 is 5.13. The smallest absolute Gasteiger partial charge is 0.408 e. The van der Waals surface area contributed by atoms with E-state index in [1.807, 2.05) is 30.3 Å². The van der Waals surface area contributed by atoms with E-state index >= 15 is 0 Å². The fourth-order valence-electron chi connectivity index (χ4n) is 2.41. The number of aliphatic carboxylic acids is 1. The third kappa shape index (κ3) is 8.40. The number of carboxylic acid groups (broad SMARTS) is 1. The lowest BCUT2D eigenvalue weighted by molar-refractivity contribution is -0.142. The number of ether oxygens (including phenoxy) is 1. The topological polar surface area (TPSA) is 105 Å². The molecule has 0 aliphatic rings. The number of rotatable bonds is 11. The van der Waals surface area contributed by atoms with E-state index in [9.17, 15) is 19.5 Å². The Bertz CT molecular complexity index is 631. The molecule has 1 rings (SSSR count). The quantitative estimate of drug-likeness (QED) is 0.407.